The number of urea groups is 1. The molecule has 0 aromatic heterocycles. The van der Waals surface area contributed by atoms with Gasteiger partial charge in [0.25, 0.3) is 0 Å². The third-order valence-electron chi connectivity index (χ3n) is 3.04. The van der Waals surface area contributed by atoms with Gasteiger partial charge in [0.15, 0.2) is 0 Å². The Morgan fingerprint density at radius 1 is 1.45 bits per heavy atom. The largest absolute Gasteiger partial charge is 0.394 e. The van der Waals surface area contributed by atoms with Gasteiger partial charge in [0.1, 0.15) is 0 Å². The van der Waals surface area contributed by atoms with E-state index in [1.807, 2.05) is 6.07 Å². The summed E-state index contributed by atoms with van der Waals surface area (Å²) in [5, 5.41) is 20.8. The number of carbonyl (C=O) groups excluding carboxylic acids is 1. The van der Waals surface area contributed by atoms with Crippen molar-refractivity contribution in [2.24, 2.45) is 0 Å². The standard InChI is InChI=1S/C15H24N2O3/c1-12-5-3-6-13(9-12)7-4-8-16-15(20)17(2)10-14(19)11-18/h3,5-6,9,14,18-19H,4,7-8,10-11H2,1-2H3,(H,16,20)/t14-/m0/s1. The molecule has 0 unspecified atom stereocenters. The van der Waals surface area contributed by atoms with Gasteiger partial charge in [-0.3, -0.25) is 0 Å². The lowest BCUT2D eigenvalue weighted by Crippen LogP contribution is -2.42. The molecular weight excluding hydrogens is 256 g/mol. The van der Waals surface area contributed by atoms with E-state index >= 15 is 0 Å². The minimum Gasteiger partial charge on any atom is -0.394 e. The monoisotopic (exact) mass is 280 g/mol. The van der Waals surface area contributed by atoms with Crippen molar-refractivity contribution in [2.75, 3.05) is 26.7 Å². The Kier molecular flexibility index (Phi) is 7.04. The predicted octanol–water partition coefficient (Wildman–Crippen LogP) is 0.922. The molecule has 20 heavy (non-hydrogen) atoms. The van der Waals surface area contributed by atoms with Crippen molar-refractivity contribution < 1.29 is 15.0 Å². The zero-order valence-corrected chi connectivity index (χ0v) is 12.2. The Morgan fingerprint density at radius 2 is 2.20 bits per heavy atom. The summed E-state index contributed by atoms with van der Waals surface area (Å²) >= 11 is 0. The van der Waals surface area contributed by atoms with Gasteiger partial charge in [-0.1, -0.05) is 29.8 Å². The maximum Gasteiger partial charge on any atom is 0.317 e. The van der Waals surface area contributed by atoms with Gasteiger partial charge >= 0.3 is 6.03 Å². The molecule has 1 atom stereocenters. The third kappa shape index (κ3) is 6.04. The van der Waals surface area contributed by atoms with Crippen molar-refractivity contribution >= 4 is 6.03 Å². The van der Waals surface area contributed by atoms with E-state index in [-0.39, 0.29) is 19.2 Å². The molecule has 112 valence electrons. The molecule has 0 aliphatic carbocycles. The fraction of sp³-hybridized carbons (Fsp3) is 0.533. The Balaban J connectivity index is 2.22. The second kappa shape index (κ2) is 8.55. The Bertz CT molecular complexity index is 423. The molecule has 5 heteroatoms. The molecule has 0 saturated heterocycles. The maximum atomic E-state index is 11.7. The van der Waals surface area contributed by atoms with Crippen molar-refractivity contribution in [1.82, 2.24) is 10.2 Å². The number of hydrogen-bond acceptors (Lipinski definition) is 3. The van der Waals surface area contributed by atoms with E-state index in [0.717, 1.165) is 12.8 Å². The first-order chi connectivity index (χ1) is 9.52. The molecule has 0 heterocycles. The highest BCUT2D eigenvalue weighted by Crippen LogP contribution is 2.06. The Hall–Kier alpha value is -1.59. The fourth-order valence-corrected chi connectivity index (χ4v) is 1.95. The van der Waals surface area contributed by atoms with E-state index in [4.69, 9.17) is 5.11 Å². The number of nitrogens with zero attached hydrogens (tertiary/aromatic N) is 1. The number of likely N-dealkylation sites (N-methyl/N-ethyl adjacent to an activating group) is 1. The van der Waals surface area contributed by atoms with Gasteiger partial charge in [-0.15, -0.1) is 0 Å². The molecule has 0 saturated carbocycles. The predicted molar refractivity (Wildman–Crippen MR) is 78.6 cm³/mol. The quantitative estimate of drug-likeness (QED) is 0.650. The lowest BCUT2D eigenvalue weighted by Gasteiger charge is -2.20. The summed E-state index contributed by atoms with van der Waals surface area (Å²) in [4.78, 5) is 13.1. The highest BCUT2D eigenvalue weighted by Gasteiger charge is 2.11. The van der Waals surface area contributed by atoms with Crippen molar-refractivity contribution in [3.8, 4) is 0 Å². The normalized spacial score (nSPS) is 12.0. The first kappa shape index (κ1) is 16.5. The number of rotatable bonds is 7. The van der Waals surface area contributed by atoms with Gasteiger partial charge in [-0.25, -0.2) is 4.79 Å². The lowest BCUT2D eigenvalue weighted by molar-refractivity contribution is 0.0733. The smallest absolute Gasteiger partial charge is 0.317 e. The van der Waals surface area contributed by atoms with E-state index < -0.39 is 6.10 Å². The molecule has 3 N–H and O–H groups in total. The van der Waals surface area contributed by atoms with Crippen LogP contribution in [0.1, 0.15) is 17.5 Å². The number of aryl methyl sites for hydroxylation is 2. The summed E-state index contributed by atoms with van der Waals surface area (Å²) in [6.07, 6.45) is 0.898. The van der Waals surface area contributed by atoms with Crippen LogP contribution in [0.25, 0.3) is 0 Å². The molecule has 1 aromatic carbocycles. The number of carbonyl (C=O) groups is 1. The van der Waals surface area contributed by atoms with Crippen LogP contribution in [0, 0.1) is 6.92 Å². The van der Waals surface area contributed by atoms with Crippen LogP contribution in [-0.2, 0) is 6.42 Å². The first-order valence-electron chi connectivity index (χ1n) is 6.86. The van der Waals surface area contributed by atoms with Gasteiger partial charge in [0.2, 0.25) is 0 Å². The van der Waals surface area contributed by atoms with Crippen LogP contribution in [0.2, 0.25) is 0 Å². The average Bonchev–Trinajstić information content (AvgIpc) is 2.43. The molecule has 0 spiro atoms. The second-order valence-electron chi connectivity index (χ2n) is 5.04. The lowest BCUT2D eigenvalue weighted by atomic mass is 10.1. The molecule has 0 aliphatic heterocycles. The number of benzene rings is 1. The summed E-state index contributed by atoms with van der Waals surface area (Å²) < 4.78 is 0. The number of amides is 2. The van der Waals surface area contributed by atoms with Gasteiger partial charge in [-0.05, 0) is 25.3 Å². The van der Waals surface area contributed by atoms with E-state index in [2.05, 4.69) is 30.4 Å². The number of nitrogens with one attached hydrogen (secondary N) is 1. The molecule has 1 aromatic rings. The molecular formula is C15H24N2O3. The van der Waals surface area contributed by atoms with E-state index in [1.54, 1.807) is 7.05 Å². The van der Waals surface area contributed by atoms with E-state index in [9.17, 15) is 9.90 Å². The summed E-state index contributed by atoms with van der Waals surface area (Å²) in [6, 6.07) is 8.09. The summed E-state index contributed by atoms with van der Waals surface area (Å²) in [5.41, 5.74) is 2.51. The van der Waals surface area contributed by atoms with Crippen LogP contribution in [0.5, 0.6) is 0 Å². The topological polar surface area (TPSA) is 72.8 Å². The summed E-state index contributed by atoms with van der Waals surface area (Å²) in [5.74, 6) is 0. The van der Waals surface area contributed by atoms with Crippen LogP contribution in [-0.4, -0.2) is 54.0 Å². The third-order valence-corrected chi connectivity index (χ3v) is 3.04. The van der Waals surface area contributed by atoms with Crippen LogP contribution in [0.15, 0.2) is 24.3 Å². The van der Waals surface area contributed by atoms with Crippen molar-refractivity contribution in [3.05, 3.63) is 35.4 Å². The van der Waals surface area contributed by atoms with E-state index in [0.29, 0.717) is 6.54 Å². The van der Waals surface area contributed by atoms with Gasteiger partial charge < -0.3 is 20.4 Å². The van der Waals surface area contributed by atoms with Crippen LogP contribution in [0.4, 0.5) is 4.79 Å². The van der Waals surface area contributed by atoms with Crippen molar-refractivity contribution in [1.29, 1.82) is 0 Å². The first-order valence-corrected chi connectivity index (χ1v) is 6.86. The highest BCUT2D eigenvalue weighted by atomic mass is 16.3. The molecule has 0 bridgehead atoms. The highest BCUT2D eigenvalue weighted by molar-refractivity contribution is 5.73. The number of hydrogen-bond donors (Lipinski definition) is 3. The number of aliphatic hydroxyl groups is 2. The fourth-order valence-electron chi connectivity index (χ4n) is 1.95. The zero-order chi connectivity index (χ0) is 15.0. The average molecular weight is 280 g/mol. The SMILES string of the molecule is Cc1cccc(CCCNC(=O)N(C)C[C@H](O)CO)c1. The summed E-state index contributed by atoms with van der Waals surface area (Å²) in [6.45, 7) is 2.43. The molecule has 5 nitrogen and oxygen atoms in total. The Morgan fingerprint density at radius 3 is 2.85 bits per heavy atom. The summed E-state index contributed by atoms with van der Waals surface area (Å²) in [7, 11) is 1.59. The van der Waals surface area contributed by atoms with Crippen LogP contribution in [0.3, 0.4) is 0 Å². The van der Waals surface area contributed by atoms with Crippen LogP contribution >= 0.6 is 0 Å². The van der Waals surface area contributed by atoms with E-state index in [1.165, 1.54) is 16.0 Å². The van der Waals surface area contributed by atoms with Crippen LogP contribution < -0.4 is 5.32 Å². The van der Waals surface area contributed by atoms with Gasteiger partial charge in [0, 0.05) is 13.6 Å². The minimum atomic E-state index is -0.891. The molecule has 0 fully saturated rings. The van der Waals surface area contributed by atoms with Gasteiger partial charge in [-0.2, -0.15) is 0 Å². The Labute approximate surface area is 120 Å². The molecule has 0 radical (unpaired) electrons. The zero-order valence-electron chi connectivity index (χ0n) is 12.2. The maximum absolute atomic E-state index is 11.7. The minimum absolute atomic E-state index is 0.125. The second-order valence-corrected chi connectivity index (χ2v) is 5.04. The molecule has 1 rings (SSSR count). The molecule has 2 amide bonds. The molecule has 0 aliphatic rings. The van der Waals surface area contributed by atoms with Crippen molar-refractivity contribution in [3.63, 3.8) is 0 Å². The van der Waals surface area contributed by atoms with Crippen molar-refractivity contribution in [2.45, 2.75) is 25.9 Å². The van der Waals surface area contributed by atoms with Gasteiger partial charge in [0.05, 0.1) is 19.3 Å². The number of aliphatic hydroxyl groups excluding tert-OH is 2.